The van der Waals surface area contributed by atoms with Crippen molar-refractivity contribution in [1.29, 1.82) is 0 Å². The van der Waals surface area contributed by atoms with Crippen LogP contribution in [-0.2, 0) is 9.59 Å². The summed E-state index contributed by atoms with van der Waals surface area (Å²) in [5, 5.41) is 2.78. The van der Waals surface area contributed by atoms with E-state index in [4.69, 9.17) is 11.5 Å². The first kappa shape index (κ1) is 16.0. The number of carbonyl (C=O) groups is 2. The normalized spacial score (nSPS) is 32.9. The van der Waals surface area contributed by atoms with Crippen molar-refractivity contribution in [2.75, 3.05) is 0 Å². The first-order chi connectivity index (χ1) is 8.73. The van der Waals surface area contributed by atoms with Crippen LogP contribution in [0.25, 0.3) is 0 Å². The maximum Gasteiger partial charge on any atom is 0.240 e. The fourth-order valence-electron chi connectivity index (χ4n) is 2.88. The zero-order chi connectivity index (χ0) is 14.7. The summed E-state index contributed by atoms with van der Waals surface area (Å²) >= 11 is 0. The third-order valence-corrected chi connectivity index (χ3v) is 4.30. The molecule has 5 N–H and O–H groups in total. The lowest BCUT2D eigenvalue weighted by atomic mass is 9.72. The number of hydrogen-bond donors (Lipinski definition) is 3. The lowest BCUT2D eigenvalue weighted by molar-refractivity contribution is -0.133. The number of nitrogens with one attached hydrogen (secondary N) is 1. The molecule has 1 fully saturated rings. The highest BCUT2D eigenvalue weighted by Crippen LogP contribution is 2.33. The molecule has 1 saturated carbocycles. The topological polar surface area (TPSA) is 98.2 Å². The molecular weight excluding hydrogens is 242 g/mol. The van der Waals surface area contributed by atoms with Crippen LogP contribution in [-0.4, -0.2) is 23.9 Å². The van der Waals surface area contributed by atoms with E-state index in [0.29, 0.717) is 12.3 Å². The molecule has 5 heteroatoms. The molecule has 5 nitrogen and oxygen atoms in total. The van der Waals surface area contributed by atoms with E-state index in [1.807, 2.05) is 13.8 Å². The van der Waals surface area contributed by atoms with Crippen molar-refractivity contribution < 1.29 is 9.59 Å². The Balaban J connectivity index is 2.69. The van der Waals surface area contributed by atoms with Crippen molar-refractivity contribution in [3.05, 3.63) is 0 Å². The molecule has 2 amide bonds. The molecule has 0 aromatic heterocycles. The molecule has 19 heavy (non-hydrogen) atoms. The Morgan fingerprint density at radius 2 is 1.74 bits per heavy atom. The molecular formula is C14H27N3O2. The van der Waals surface area contributed by atoms with Gasteiger partial charge in [0.15, 0.2) is 0 Å². The molecule has 0 heterocycles. The zero-order valence-corrected chi connectivity index (χ0v) is 12.3. The quantitative estimate of drug-likeness (QED) is 0.697. The number of carbonyl (C=O) groups excluding carboxylic acids is 2. The van der Waals surface area contributed by atoms with Crippen molar-refractivity contribution in [3.63, 3.8) is 0 Å². The molecule has 1 aliphatic carbocycles. The predicted molar refractivity (Wildman–Crippen MR) is 75.0 cm³/mol. The van der Waals surface area contributed by atoms with Gasteiger partial charge in [-0.25, -0.2) is 0 Å². The van der Waals surface area contributed by atoms with Gasteiger partial charge >= 0.3 is 0 Å². The van der Waals surface area contributed by atoms with Crippen LogP contribution in [0.4, 0.5) is 0 Å². The van der Waals surface area contributed by atoms with E-state index in [1.165, 1.54) is 0 Å². The van der Waals surface area contributed by atoms with Crippen LogP contribution in [0.2, 0.25) is 0 Å². The van der Waals surface area contributed by atoms with E-state index < -0.39 is 11.9 Å². The lowest BCUT2D eigenvalue weighted by Gasteiger charge is -2.36. The van der Waals surface area contributed by atoms with Crippen molar-refractivity contribution in [3.8, 4) is 0 Å². The Hall–Kier alpha value is -1.10. The Labute approximate surface area is 115 Å². The second-order valence-corrected chi connectivity index (χ2v) is 6.33. The van der Waals surface area contributed by atoms with Crippen LogP contribution in [0.5, 0.6) is 0 Å². The van der Waals surface area contributed by atoms with Crippen LogP contribution in [0.1, 0.15) is 40.5 Å². The standard InChI is InChI=1S/C14H27N3O2/c1-7(2)12(13(16)18)17-14(19)10-6-11(15)9(4)5-8(10)3/h7-12H,5-6,15H2,1-4H3,(H2,16,18)(H,17,19). The van der Waals surface area contributed by atoms with E-state index in [2.05, 4.69) is 19.2 Å². The highest BCUT2D eigenvalue weighted by atomic mass is 16.2. The van der Waals surface area contributed by atoms with Crippen LogP contribution in [0.3, 0.4) is 0 Å². The SMILES string of the molecule is CC(C)C(NC(=O)C1CC(N)C(C)CC1C)C(N)=O. The summed E-state index contributed by atoms with van der Waals surface area (Å²) in [5.41, 5.74) is 11.4. The number of hydrogen-bond acceptors (Lipinski definition) is 3. The van der Waals surface area contributed by atoms with E-state index >= 15 is 0 Å². The Kier molecular flexibility index (Phi) is 5.35. The van der Waals surface area contributed by atoms with Crippen molar-refractivity contribution in [2.24, 2.45) is 35.1 Å². The van der Waals surface area contributed by atoms with Gasteiger partial charge in [-0.15, -0.1) is 0 Å². The molecule has 0 radical (unpaired) electrons. The lowest BCUT2D eigenvalue weighted by Crippen LogP contribution is -2.52. The molecule has 5 atom stereocenters. The van der Waals surface area contributed by atoms with Gasteiger partial charge in [0.1, 0.15) is 6.04 Å². The van der Waals surface area contributed by atoms with Gasteiger partial charge in [-0.05, 0) is 30.6 Å². The largest absolute Gasteiger partial charge is 0.368 e. The van der Waals surface area contributed by atoms with E-state index in [0.717, 1.165) is 6.42 Å². The first-order valence-corrected chi connectivity index (χ1v) is 7.09. The smallest absolute Gasteiger partial charge is 0.240 e. The Morgan fingerprint density at radius 3 is 2.21 bits per heavy atom. The Morgan fingerprint density at radius 1 is 1.16 bits per heavy atom. The molecule has 0 spiro atoms. The van der Waals surface area contributed by atoms with Crippen LogP contribution < -0.4 is 16.8 Å². The summed E-state index contributed by atoms with van der Waals surface area (Å²) in [5.74, 6) is 0.0307. The second-order valence-electron chi connectivity index (χ2n) is 6.33. The zero-order valence-electron chi connectivity index (χ0n) is 12.3. The van der Waals surface area contributed by atoms with Crippen molar-refractivity contribution >= 4 is 11.8 Å². The summed E-state index contributed by atoms with van der Waals surface area (Å²) < 4.78 is 0. The molecule has 5 unspecified atom stereocenters. The van der Waals surface area contributed by atoms with Gasteiger partial charge in [0.25, 0.3) is 0 Å². The van der Waals surface area contributed by atoms with Gasteiger partial charge in [0, 0.05) is 12.0 Å². The molecule has 0 aromatic carbocycles. The summed E-state index contributed by atoms with van der Waals surface area (Å²) in [6.45, 7) is 7.93. The number of rotatable bonds is 4. The Bertz CT molecular complexity index is 344. The minimum atomic E-state index is -0.602. The van der Waals surface area contributed by atoms with E-state index in [1.54, 1.807) is 0 Å². The fourth-order valence-corrected chi connectivity index (χ4v) is 2.88. The maximum absolute atomic E-state index is 12.3. The summed E-state index contributed by atoms with van der Waals surface area (Å²) in [7, 11) is 0. The maximum atomic E-state index is 12.3. The second kappa shape index (κ2) is 6.37. The monoisotopic (exact) mass is 269 g/mol. The van der Waals surface area contributed by atoms with Crippen LogP contribution in [0, 0.1) is 23.7 Å². The summed E-state index contributed by atoms with van der Waals surface area (Å²) in [4.78, 5) is 23.6. The van der Waals surface area contributed by atoms with Crippen molar-refractivity contribution in [1.82, 2.24) is 5.32 Å². The molecule has 110 valence electrons. The summed E-state index contributed by atoms with van der Waals surface area (Å²) in [6, 6.07) is -0.548. The number of amides is 2. The third-order valence-electron chi connectivity index (χ3n) is 4.30. The first-order valence-electron chi connectivity index (χ1n) is 7.09. The van der Waals surface area contributed by atoms with Crippen LogP contribution in [0.15, 0.2) is 0 Å². The average Bonchev–Trinajstić information content (AvgIpc) is 2.29. The molecule has 0 aliphatic heterocycles. The molecule has 0 saturated heterocycles. The molecule has 0 bridgehead atoms. The van der Waals surface area contributed by atoms with E-state index in [-0.39, 0.29) is 29.7 Å². The highest BCUT2D eigenvalue weighted by molar-refractivity contribution is 5.87. The van der Waals surface area contributed by atoms with Gasteiger partial charge in [-0.3, -0.25) is 9.59 Å². The molecule has 1 rings (SSSR count). The van der Waals surface area contributed by atoms with E-state index in [9.17, 15) is 9.59 Å². The third kappa shape index (κ3) is 3.93. The van der Waals surface area contributed by atoms with Crippen LogP contribution >= 0.6 is 0 Å². The summed E-state index contributed by atoms with van der Waals surface area (Å²) in [6.07, 6.45) is 1.62. The minimum absolute atomic E-state index is 0.00653. The predicted octanol–water partition coefficient (Wildman–Crippen LogP) is 0.622. The van der Waals surface area contributed by atoms with Gasteiger partial charge in [-0.1, -0.05) is 27.7 Å². The highest BCUT2D eigenvalue weighted by Gasteiger charge is 2.36. The van der Waals surface area contributed by atoms with Gasteiger partial charge in [-0.2, -0.15) is 0 Å². The average molecular weight is 269 g/mol. The van der Waals surface area contributed by atoms with Gasteiger partial charge in [0.2, 0.25) is 11.8 Å². The molecule has 0 aromatic rings. The number of nitrogens with two attached hydrogens (primary N) is 2. The minimum Gasteiger partial charge on any atom is -0.368 e. The molecule has 1 aliphatic rings. The van der Waals surface area contributed by atoms with Crippen molar-refractivity contribution in [2.45, 2.75) is 52.6 Å². The van der Waals surface area contributed by atoms with Gasteiger partial charge in [0.05, 0.1) is 0 Å². The number of primary amides is 1. The fraction of sp³-hybridized carbons (Fsp3) is 0.857. The van der Waals surface area contributed by atoms with Gasteiger partial charge < -0.3 is 16.8 Å².